The number of nitrogens with zero attached hydrogens (tertiary/aromatic N) is 3. The molecular weight excluding hydrogens is 362 g/mol. The molecule has 0 amide bonds. The van der Waals surface area contributed by atoms with Crippen LogP contribution in [-0.4, -0.2) is 27.2 Å². The fraction of sp³-hybridized carbons (Fsp3) is 0.190. The van der Waals surface area contributed by atoms with Crippen molar-refractivity contribution in [2.24, 2.45) is 12.0 Å². The van der Waals surface area contributed by atoms with Gasteiger partial charge in [0.05, 0.1) is 18.3 Å². The van der Waals surface area contributed by atoms with Crippen LogP contribution in [0.1, 0.15) is 11.1 Å². The van der Waals surface area contributed by atoms with Gasteiger partial charge in [0.1, 0.15) is 0 Å². The van der Waals surface area contributed by atoms with Crippen molar-refractivity contribution in [1.82, 2.24) is 9.47 Å². The number of aryl methyl sites for hydroxylation is 1. The molecule has 0 saturated carbocycles. The third kappa shape index (κ3) is 2.56. The van der Waals surface area contributed by atoms with Crippen molar-refractivity contribution in [3.63, 3.8) is 0 Å². The predicted molar refractivity (Wildman–Crippen MR) is 112 cm³/mol. The number of thioether (sulfide) groups is 1. The molecule has 3 aromatic rings. The van der Waals surface area contributed by atoms with Gasteiger partial charge in [-0.25, -0.2) is 0 Å². The van der Waals surface area contributed by atoms with Gasteiger partial charge in [-0.15, -0.1) is 0 Å². The summed E-state index contributed by atoms with van der Waals surface area (Å²) < 4.78 is 2.22. The molecule has 2 aliphatic rings. The summed E-state index contributed by atoms with van der Waals surface area (Å²) in [5, 5.41) is 5.42. The van der Waals surface area contributed by atoms with Gasteiger partial charge < -0.3 is 9.47 Å². The molecule has 1 unspecified atom stereocenters. The van der Waals surface area contributed by atoms with Gasteiger partial charge >= 0.3 is 0 Å². The van der Waals surface area contributed by atoms with E-state index in [1.54, 1.807) is 11.8 Å². The van der Waals surface area contributed by atoms with Crippen LogP contribution in [0.25, 0.3) is 16.6 Å². The van der Waals surface area contributed by atoms with E-state index in [4.69, 9.17) is 16.6 Å². The van der Waals surface area contributed by atoms with Gasteiger partial charge in [0, 0.05) is 34.6 Å². The van der Waals surface area contributed by atoms with Gasteiger partial charge in [-0.2, -0.15) is 0 Å². The summed E-state index contributed by atoms with van der Waals surface area (Å²) in [6.45, 7) is 0.844. The number of halogens is 1. The first-order valence-corrected chi connectivity index (χ1v) is 9.96. The molecule has 3 nitrogen and oxygen atoms in total. The van der Waals surface area contributed by atoms with E-state index >= 15 is 0 Å². The highest BCUT2D eigenvalue weighted by Gasteiger charge is 2.35. The Morgan fingerprint density at radius 3 is 2.81 bits per heavy atom. The highest BCUT2D eigenvalue weighted by Crippen LogP contribution is 2.39. The molecule has 5 rings (SSSR count). The molecule has 0 aliphatic carbocycles. The molecule has 0 radical (unpaired) electrons. The van der Waals surface area contributed by atoms with Gasteiger partial charge in [0.15, 0.2) is 5.17 Å². The van der Waals surface area contributed by atoms with Crippen LogP contribution in [0.4, 0.5) is 0 Å². The number of aromatic nitrogens is 1. The number of fused-ring (bicyclic) bond motifs is 2. The van der Waals surface area contributed by atoms with Gasteiger partial charge in [0.25, 0.3) is 0 Å². The Bertz CT molecular complexity index is 1050. The highest BCUT2D eigenvalue weighted by atomic mass is 35.5. The van der Waals surface area contributed by atoms with Crippen LogP contribution in [0.3, 0.4) is 0 Å². The zero-order valence-electron chi connectivity index (χ0n) is 14.4. The second-order valence-electron chi connectivity index (χ2n) is 6.76. The average molecular weight is 380 g/mol. The minimum atomic E-state index is 0.354. The molecule has 5 heteroatoms. The number of benzene rings is 2. The van der Waals surface area contributed by atoms with Gasteiger partial charge in [-0.3, -0.25) is 4.99 Å². The van der Waals surface area contributed by atoms with Crippen LogP contribution in [-0.2, 0) is 13.5 Å². The number of amidine groups is 1. The van der Waals surface area contributed by atoms with E-state index in [2.05, 4.69) is 64.5 Å². The summed E-state index contributed by atoms with van der Waals surface area (Å²) in [4.78, 5) is 7.17. The topological polar surface area (TPSA) is 20.5 Å². The maximum atomic E-state index is 6.06. The van der Waals surface area contributed by atoms with Gasteiger partial charge in [-0.1, -0.05) is 53.7 Å². The van der Waals surface area contributed by atoms with Crippen molar-refractivity contribution < 1.29 is 0 Å². The molecule has 26 heavy (non-hydrogen) atoms. The fourth-order valence-electron chi connectivity index (χ4n) is 3.88. The largest absolute Gasteiger partial charge is 0.350 e. The van der Waals surface area contributed by atoms with Gasteiger partial charge in [0.2, 0.25) is 0 Å². The second kappa shape index (κ2) is 6.22. The van der Waals surface area contributed by atoms with Crippen LogP contribution in [0, 0.1) is 0 Å². The SMILES string of the molecule is Cn1cc(CC2CN=C3SC=C(c4ccc(Cl)cc4)N32)c2ccccc21. The molecule has 2 aliphatic heterocycles. The van der Waals surface area contributed by atoms with E-state index in [9.17, 15) is 0 Å². The number of hydrogen-bond donors (Lipinski definition) is 0. The van der Waals surface area contributed by atoms with Crippen LogP contribution in [0.15, 0.2) is 65.1 Å². The van der Waals surface area contributed by atoms with E-state index in [1.165, 1.54) is 27.7 Å². The molecule has 1 aromatic heterocycles. The van der Waals surface area contributed by atoms with Crippen LogP contribution in [0.2, 0.25) is 5.02 Å². The fourth-order valence-corrected chi connectivity index (χ4v) is 4.99. The average Bonchev–Trinajstić information content (AvgIpc) is 3.32. The zero-order valence-corrected chi connectivity index (χ0v) is 16.0. The Kier molecular flexibility index (Phi) is 3.84. The Labute approximate surface area is 162 Å². The lowest BCUT2D eigenvalue weighted by atomic mass is 10.0. The van der Waals surface area contributed by atoms with E-state index < -0.39 is 0 Å². The Balaban J connectivity index is 1.47. The first-order chi connectivity index (χ1) is 12.7. The summed E-state index contributed by atoms with van der Waals surface area (Å²) in [7, 11) is 2.12. The maximum absolute atomic E-state index is 6.06. The first kappa shape index (κ1) is 16.0. The summed E-state index contributed by atoms with van der Waals surface area (Å²) in [5.41, 5.74) is 5.09. The number of aliphatic imine (C=N–C) groups is 1. The predicted octanol–water partition coefficient (Wildman–Crippen LogP) is 5.16. The third-order valence-corrected chi connectivity index (χ3v) is 6.25. The van der Waals surface area contributed by atoms with Crippen LogP contribution in [0.5, 0.6) is 0 Å². The summed E-state index contributed by atoms with van der Waals surface area (Å²) in [6, 6.07) is 17.1. The van der Waals surface area contributed by atoms with Crippen molar-refractivity contribution >= 4 is 45.1 Å². The molecule has 0 fully saturated rings. The maximum Gasteiger partial charge on any atom is 0.168 e. The Hall–Kier alpha value is -2.17. The smallest absolute Gasteiger partial charge is 0.168 e. The summed E-state index contributed by atoms with van der Waals surface area (Å²) in [5.74, 6) is 0. The number of para-hydroxylation sites is 1. The van der Waals surface area contributed by atoms with E-state index in [-0.39, 0.29) is 0 Å². The molecule has 0 N–H and O–H groups in total. The summed E-state index contributed by atoms with van der Waals surface area (Å²) in [6.07, 6.45) is 3.25. The quantitative estimate of drug-likeness (QED) is 0.626. The lowest BCUT2D eigenvalue weighted by Crippen LogP contribution is -2.33. The molecule has 1 atom stereocenters. The monoisotopic (exact) mass is 379 g/mol. The van der Waals surface area contributed by atoms with Crippen LogP contribution < -0.4 is 0 Å². The number of rotatable bonds is 3. The van der Waals surface area contributed by atoms with Crippen molar-refractivity contribution in [3.8, 4) is 0 Å². The van der Waals surface area contributed by atoms with E-state index in [0.29, 0.717) is 6.04 Å². The molecule has 0 saturated heterocycles. The van der Waals surface area contributed by atoms with Crippen molar-refractivity contribution in [3.05, 3.63) is 76.3 Å². The lowest BCUT2D eigenvalue weighted by molar-refractivity contribution is 0.463. The molecule has 0 bridgehead atoms. The van der Waals surface area contributed by atoms with Crippen molar-refractivity contribution in [2.75, 3.05) is 6.54 Å². The minimum absolute atomic E-state index is 0.354. The zero-order chi connectivity index (χ0) is 17.7. The molecule has 0 spiro atoms. The van der Waals surface area contributed by atoms with Crippen molar-refractivity contribution in [2.45, 2.75) is 12.5 Å². The second-order valence-corrected chi connectivity index (χ2v) is 8.03. The van der Waals surface area contributed by atoms with Crippen LogP contribution >= 0.6 is 23.4 Å². The summed E-state index contributed by atoms with van der Waals surface area (Å²) >= 11 is 7.78. The Morgan fingerprint density at radius 1 is 1.15 bits per heavy atom. The third-order valence-electron chi connectivity index (χ3n) is 5.12. The van der Waals surface area contributed by atoms with E-state index in [1.807, 2.05) is 12.1 Å². The molecular formula is C21H18ClN3S. The number of hydrogen-bond acceptors (Lipinski definition) is 3. The standard InChI is InChI=1S/C21H18ClN3S/c1-24-12-15(18-4-2-3-5-19(18)24)10-17-11-23-21-25(17)20(13-26-21)14-6-8-16(22)9-7-14/h2-9,12-13,17H,10-11H2,1H3. The Morgan fingerprint density at radius 2 is 1.96 bits per heavy atom. The minimum Gasteiger partial charge on any atom is -0.350 e. The normalized spacial score (nSPS) is 19.0. The molecule has 130 valence electrons. The lowest BCUT2D eigenvalue weighted by Gasteiger charge is -2.26. The first-order valence-electron chi connectivity index (χ1n) is 8.70. The van der Waals surface area contributed by atoms with E-state index in [0.717, 1.165) is 23.2 Å². The molecule has 2 aromatic carbocycles. The molecule has 3 heterocycles. The van der Waals surface area contributed by atoms with Gasteiger partial charge in [-0.05, 0) is 35.7 Å². The van der Waals surface area contributed by atoms with Crippen molar-refractivity contribution in [1.29, 1.82) is 0 Å². The highest BCUT2D eigenvalue weighted by molar-refractivity contribution is 8.16.